The van der Waals surface area contributed by atoms with E-state index in [9.17, 15) is 0 Å². The summed E-state index contributed by atoms with van der Waals surface area (Å²) in [7, 11) is 9.03. The number of hydrogen-bond acceptors (Lipinski definition) is 2. The minimum atomic E-state index is -0.310. The van der Waals surface area contributed by atoms with Gasteiger partial charge in [0.25, 0.3) is 0 Å². The Balaban J connectivity index is 0.000000180. The van der Waals surface area contributed by atoms with Gasteiger partial charge in [-0.05, 0) is 326 Å². The van der Waals surface area contributed by atoms with Crippen LogP contribution in [0.3, 0.4) is 0 Å². The summed E-state index contributed by atoms with van der Waals surface area (Å²) < 4.78 is 19.9. The first-order valence-corrected chi connectivity index (χ1v) is 51.6. The molecule has 1 fully saturated rings. The molecule has 0 N–H and O–H groups in total. The van der Waals surface area contributed by atoms with Gasteiger partial charge in [0.05, 0.1) is 11.2 Å². The van der Waals surface area contributed by atoms with Gasteiger partial charge < -0.3 is 16.2 Å². The molecule has 1 heterocycles. The van der Waals surface area contributed by atoms with Crippen LogP contribution in [0.15, 0.2) is 335 Å². The van der Waals surface area contributed by atoms with Crippen LogP contribution in [-0.2, 0) is 49.5 Å². The van der Waals surface area contributed by atoms with Crippen LogP contribution < -0.4 is 24.3 Å². The van der Waals surface area contributed by atoms with Crippen molar-refractivity contribution in [1.29, 1.82) is 0 Å². The molecule has 1 aliphatic heterocycles. The zero-order chi connectivity index (χ0) is 91.1. The fourth-order valence-electron chi connectivity index (χ4n) is 19.6. The van der Waals surface area contributed by atoms with E-state index in [-0.39, 0.29) is 64.3 Å². The maximum Gasteiger partial charge on any atom is 1.00 e. The first-order chi connectivity index (χ1) is 60.9. The van der Waals surface area contributed by atoms with Gasteiger partial charge in [-0.1, -0.05) is 382 Å². The molecule has 14 heteroatoms. The minimum absolute atomic E-state index is 0. The number of hydrogen-bond donors (Lipinski definition) is 0. The molecule has 21 rings (SSSR count). The molecular formula is C115H101BBr7Cl2CuLiO2. The Hall–Kier alpha value is -6.66. The van der Waals surface area contributed by atoms with Crippen LogP contribution in [0.25, 0.3) is 122 Å². The van der Waals surface area contributed by atoms with Gasteiger partial charge in [-0.3, -0.25) is 0 Å². The van der Waals surface area contributed by atoms with Crippen molar-refractivity contribution in [2.24, 2.45) is 0 Å². The first kappa shape index (κ1) is 96.9. The van der Waals surface area contributed by atoms with E-state index < -0.39 is 0 Å². The molecule has 1 saturated heterocycles. The second kappa shape index (κ2) is 38.6. The van der Waals surface area contributed by atoms with Crippen molar-refractivity contribution < 1.29 is 41.3 Å². The maximum absolute atomic E-state index is 6.23. The third kappa shape index (κ3) is 19.0. The molecule has 0 amide bonds. The zero-order valence-electron chi connectivity index (χ0n) is 75.6. The maximum atomic E-state index is 6.23. The quantitative estimate of drug-likeness (QED) is 0.112. The molecule has 2 nitrogen and oxygen atoms in total. The predicted octanol–water partition coefficient (Wildman–Crippen LogP) is 33.9. The van der Waals surface area contributed by atoms with Gasteiger partial charge in [-0.15, -0.1) is 0 Å². The van der Waals surface area contributed by atoms with Crippen molar-refractivity contribution in [2.75, 3.05) is 0 Å². The van der Waals surface area contributed by atoms with Crippen LogP contribution in [0.5, 0.6) is 0 Å². The molecule has 129 heavy (non-hydrogen) atoms. The van der Waals surface area contributed by atoms with E-state index >= 15 is 0 Å². The van der Waals surface area contributed by atoms with Crippen LogP contribution >= 0.6 is 132 Å². The molecule has 0 radical (unpaired) electrons. The predicted molar refractivity (Wildman–Crippen MR) is 568 cm³/mol. The molecule has 651 valence electrons. The Morgan fingerprint density at radius 2 is 0.426 bits per heavy atom. The van der Waals surface area contributed by atoms with Crippen LogP contribution in [0.1, 0.15) is 172 Å². The SMILES string of the molecule is Brc1cc(Br)cc(-c2cc(Br)cc(Br)c2)c1.Brc1cc(Br)cc(Br)c1.CC1(C)c2ccccc2-c2ccc(-c3cc(-c4cc(-c5ccc6c(c5)C(C)(C)c5ccccc5-6)cc(-c5ccc6c(c5)C(C)(C)c5ccccc5-6)c4)cc(-c4ccc5c(c4)C(C)(C)c4ccccc4-5)c3)cc21.CC1(C)c2ccccc2-c2ccc(B3OC(C)(C)C(C)(C)O3)cc21.[CH2-]CCC.[Cl][Cu][Cl].[Li+]. The van der Waals surface area contributed by atoms with Crippen LogP contribution in [-0.4, -0.2) is 18.3 Å². The van der Waals surface area contributed by atoms with Crippen molar-refractivity contribution >= 4 is 144 Å². The average Bonchev–Trinajstić information content (AvgIpc) is 1.56. The van der Waals surface area contributed by atoms with Gasteiger partial charge in [0, 0.05) is 58.4 Å². The second-order valence-corrected chi connectivity index (χ2v) is 45.7. The smallest absolute Gasteiger partial charge is 1.00 e. The average molecular weight is 2230 g/mol. The molecule has 0 bridgehead atoms. The van der Waals surface area contributed by atoms with Crippen molar-refractivity contribution in [3.8, 4) is 122 Å². The largest absolute Gasteiger partial charge is 1.00 e. The summed E-state index contributed by atoms with van der Waals surface area (Å²) in [5.41, 5.74) is 42.0. The minimum Gasteiger partial charge on any atom is 1.00 e. The van der Waals surface area contributed by atoms with Gasteiger partial charge in [-0.25, -0.2) is 0 Å². The van der Waals surface area contributed by atoms with E-state index in [0.29, 0.717) is 0 Å². The van der Waals surface area contributed by atoms with E-state index in [0.717, 1.165) is 56.3 Å². The third-order valence-electron chi connectivity index (χ3n) is 27.2. The second-order valence-electron chi connectivity index (χ2n) is 37.7. The van der Waals surface area contributed by atoms with Gasteiger partial charge in [-0.2, -0.15) is 6.42 Å². The summed E-state index contributed by atoms with van der Waals surface area (Å²) >= 11 is 24.8. The summed E-state index contributed by atoms with van der Waals surface area (Å²) in [6.07, 6.45) is 2.28. The molecule has 0 unspecified atom stereocenters. The van der Waals surface area contributed by atoms with Gasteiger partial charge in [0.2, 0.25) is 0 Å². The summed E-state index contributed by atoms with van der Waals surface area (Å²) in [6, 6.07) is 113. The standard InChI is InChI=1S/C72H58.C21H25BO2.C12H6Br4.C6H3Br3.C4H9.2ClH.Cu.Li/c1-69(2)61-21-13-9-17-53(61)57-29-25-43(39-65(57)69)47-33-48(44-26-30-58-54-18-10-14-22-62(54)70(3,4)66(58)40-44)36-51(35-47)52-37-49(45-27-31-59-55-19-11-15-23-63(55)71(5,6)67(59)41-45)34-50(38-52)46-28-32-60-56-20-12-16-24-64(56)72(7,8)68(60)42-46;1-19(2)17-10-8-7-9-15(17)16-12-11-14(13-18(16)19)22-23-20(3,4)21(5,6)24-22;13-9-1-7(2-10(14)5-9)8-3-11(15)6-12(16)4-8;7-4-1-5(8)3-6(9)2-4;1-3-4-2;;;;/h9-42H,1-8H3;7-13H,1-6H3;1-6H;1-3H;1,3-4H2,2H3;2*1H;;/q;;;;-1;;;+2;+1/p-2. The zero-order valence-corrected chi connectivity index (χ0v) is 89.1. The van der Waals surface area contributed by atoms with E-state index in [1.807, 2.05) is 30.3 Å². The Morgan fingerprint density at radius 3 is 0.651 bits per heavy atom. The molecule has 0 atom stereocenters. The molecule has 0 saturated carbocycles. The van der Waals surface area contributed by atoms with Gasteiger partial charge >= 0.3 is 59.3 Å². The molecule has 0 spiro atoms. The first-order valence-electron chi connectivity index (χ1n) is 43.4. The Labute approximate surface area is 850 Å². The molecule has 6 aliphatic rings. The number of benzene rings is 15. The molecular weight excluding hydrogens is 2120 g/mol. The van der Waals surface area contributed by atoms with E-state index in [4.69, 9.17) is 9.31 Å². The summed E-state index contributed by atoms with van der Waals surface area (Å²) in [4.78, 5) is 0. The Bertz CT molecular complexity index is 6180. The summed E-state index contributed by atoms with van der Waals surface area (Å²) in [6.45, 7) is 37.8. The Kier molecular flexibility index (Phi) is 29.0. The monoisotopic (exact) mass is 2220 g/mol. The van der Waals surface area contributed by atoms with Crippen LogP contribution in [0, 0.1) is 6.92 Å². The van der Waals surface area contributed by atoms with Crippen molar-refractivity contribution in [3.63, 3.8) is 0 Å². The van der Waals surface area contributed by atoms with E-state index in [2.05, 4.69) is 515 Å². The summed E-state index contributed by atoms with van der Waals surface area (Å²) in [5.74, 6) is 0. The number of halogens is 9. The molecule has 15 aromatic rings. The van der Waals surface area contributed by atoms with E-state index in [1.54, 1.807) is 0 Å². The number of fused-ring (bicyclic) bond motifs is 15. The van der Waals surface area contributed by atoms with E-state index in [1.165, 1.54) is 184 Å². The molecule has 5 aliphatic carbocycles. The normalized spacial score (nSPS) is 15.4. The van der Waals surface area contributed by atoms with Crippen LogP contribution in [0.4, 0.5) is 0 Å². The number of unbranched alkanes of at least 4 members (excludes halogenated alkanes) is 1. The Morgan fingerprint density at radius 1 is 0.248 bits per heavy atom. The fourth-order valence-corrected chi connectivity index (χ4v) is 24.6. The van der Waals surface area contributed by atoms with Crippen molar-refractivity contribution in [1.82, 2.24) is 0 Å². The van der Waals surface area contributed by atoms with Crippen LogP contribution in [0.2, 0.25) is 0 Å². The van der Waals surface area contributed by atoms with Crippen molar-refractivity contribution in [2.45, 2.75) is 155 Å². The molecule has 15 aromatic carbocycles. The summed E-state index contributed by atoms with van der Waals surface area (Å²) in [5, 5.41) is 0. The molecule has 0 aromatic heterocycles. The number of rotatable bonds is 8. The van der Waals surface area contributed by atoms with Gasteiger partial charge in [0.1, 0.15) is 0 Å². The van der Waals surface area contributed by atoms with Crippen molar-refractivity contribution in [3.05, 3.63) is 397 Å². The van der Waals surface area contributed by atoms with Gasteiger partial charge in [0.15, 0.2) is 0 Å². The fraction of sp³-hybridized carbons (Fsp3) is 0.209. The topological polar surface area (TPSA) is 18.5 Å². The third-order valence-corrected chi connectivity index (χ3v) is 30.4.